The van der Waals surface area contributed by atoms with Gasteiger partial charge in [0.2, 0.25) is 10.0 Å². The minimum absolute atomic E-state index is 0.109. The molecular weight excluding hydrogens is 352 g/mol. The van der Waals surface area contributed by atoms with Crippen molar-refractivity contribution >= 4 is 15.9 Å². The highest BCUT2D eigenvalue weighted by molar-refractivity contribution is 7.89. The van der Waals surface area contributed by atoms with E-state index in [-0.39, 0.29) is 22.3 Å². The fraction of sp³-hybridized carbons (Fsp3) is 0.632. The van der Waals surface area contributed by atoms with Gasteiger partial charge in [-0.2, -0.15) is 4.31 Å². The Morgan fingerprint density at radius 1 is 1.19 bits per heavy atom. The van der Waals surface area contributed by atoms with Gasteiger partial charge in [0.05, 0.1) is 17.1 Å². The molecule has 0 aliphatic carbocycles. The summed E-state index contributed by atoms with van der Waals surface area (Å²) >= 11 is 0. The second kappa shape index (κ2) is 9.48. The molecule has 1 aliphatic rings. The Labute approximate surface area is 157 Å². The van der Waals surface area contributed by atoms with Gasteiger partial charge in [0.15, 0.2) is 0 Å². The van der Waals surface area contributed by atoms with Gasteiger partial charge in [-0.25, -0.2) is 8.42 Å². The Morgan fingerprint density at radius 3 is 2.46 bits per heavy atom. The van der Waals surface area contributed by atoms with E-state index in [1.807, 2.05) is 13.8 Å². The first-order valence-electron chi connectivity index (χ1n) is 9.25. The minimum atomic E-state index is -3.67. The molecule has 26 heavy (non-hydrogen) atoms. The van der Waals surface area contributed by atoms with Crippen molar-refractivity contribution in [1.29, 1.82) is 0 Å². The van der Waals surface area contributed by atoms with E-state index in [0.717, 1.165) is 19.3 Å². The summed E-state index contributed by atoms with van der Waals surface area (Å²) in [5.74, 6) is 0.0219. The van der Waals surface area contributed by atoms with Crippen molar-refractivity contribution in [2.45, 2.75) is 38.0 Å². The van der Waals surface area contributed by atoms with Crippen LogP contribution in [0.25, 0.3) is 0 Å². The molecule has 0 saturated carbocycles. The van der Waals surface area contributed by atoms with Gasteiger partial charge in [-0.05, 0) is 30.9 Å². The third-order valence-electron chi connectivity index (χ3n) is 4.49. The number of carbonyl (C=O) groups is 1. The molecule has 0 N–H and O–H groups in total. The lowest BCUT2D eigenvalue weighted by Crippen LogP contribution is -2.39. The first-order chi connectivity index (χ1) is 12.4. The third kappa shape index (κ3) is 5.05. The summed E-state index contributed by atoms with van der Waals surface area (Å²) in [6, 6.07) is 6.54. The van der Waals surface area contributed by atoms with Crippen LogP contribution in [0.3, 0.4) is 0 Å². The lowest BCUT2D eigenvalue weighted by Gasteiger charge is -2.28. The van der Waals surface area contributed by atoms with Gasteiger partial charge < -0.3 is 9.64 Å². The summed E-state index contributed by atoms with van der Waals surface area (Å²) in [5, 5.41) is 0. The summed E-state index contributed by atoms with van der Waals surface area (Å²) in [7, 11) is -2.08. The van der Waals surface area contributed by atoms with Crippen molar-refractivity contribution in [3.05, 3.63) is 29.8 Å². The number of sulfonamides is 1. The van der Waals surface area contributed by atoms with Crippen LogP contribution >= 0.6 is 0 Å². The molecule has 0 aromatic heterocycles. The maximum Gasteiger partial charge on any atom is 0.255 e. The van der Waals surface area contributed by atoms with Crippen LogP contribution in [0.4, 0.5) is 0 Å². The molecule has 0 spiro atoms. The molecule has 2 rings (SSSR count). The summed E-state index contributed by atoms with van der Waals surface area (Å²) in [4.78, 5) is 14.9. The number of carbonyl (C=O) groups excluding carboxylic acids is 1. The molecule has 7 heteroatoms. The highest BCUT2D eigenvalue weighted by Crippen LogP contribution is 2.24. The van der Waals surface area contributed by atoms with E-state index in [2.05, 4.69) is 0 Å². The van der Waals surface area contributed by atoms with Crippen molar-refractivity contribution in [3.8, 4) is 0 Å². The smallest absolute Gasteiger partial charge is 0.255 e. The lowest BCUT2D eigenvalue weighted by atomic mass is 10.1. The number of methoxy groups -OCH3 is 1. The summed E-state index contributed by atoms with van der Waals surface area (Å²) in [6.07, 6.45) is 2.77. The fourth-order valence-electron chi connectivity index (χ4n) is 3.20. The molecule has 1 amide bonds. The number of amides is 1. The molecular formula is C19H30N2O4S. The number of piperidine rings is 1. The van der Waals surface area contributed by atoms with Crippen LogP contribution < -0.4 is 0 Å². The molecule has 0 unspecified atom stereocenters. The normalized spacial score (nSPS) is 16.0. The average Bonchev–Trinajstić information content (AvgIpc) is 2.65. The van der Waals surface area contributed by atoms with E-state index in [0.29, 0.717) is 32.8 Å². The Hall–Kier alpha value is -1.44. The van der Waals surface area contributed by atoms with Crippen molar-refractivity contribution < 1.29 is 17.9 Å². The van der Waals surface area contributed by atoms with Crippen LogP contribution in [0, 0.1) is 5.92 Å². The van der Waals surface area contributed by atoms with E-state index in [4.69, 9.17) is 4.74 Å². The highest BCUT2D eigenvalue weighted by Gasteiger charge is 2.31. The Morgan fingerprint density at radius 2 is 1.85 bits per heavy atom. The van der Waals surface area contributed by atoms with Gasteiger partial charge >= 0.3 is 0 Å². The maximum atomic E-state index is 13.1. The number of nitrogens with zero attached hydrogens (tertiary/aromatic N) is 2. The van der Waals surface area contributed by atoms with Gasteiger partial charge in [0.1, 0.15) is 0 Å². The van der Waals surface area contributed by atoms with Crippen LogP contribution in [0.5, 0.6) is 0 Å². The molecule has 0 radical (unpaired) electrons. The predicted molar refractivity (Wildman–Crippen MR) is 102 cm³/mol. The second-order valence-electron chi connectivity index (χ2n) is 7.10. The van der Waals surface area contributed by atoms with Crippen molar-refractivity contribution in [1.82, 2.24) is 9.21 Å². The van der Waals surface area contributed by atoms with E-state index >= 15 is 0 Å². The molecule has 0 atom stereocenters. The van der Waals surface area contributed by atoms with Gasteiger partial charge in [-0.1, -0.05) is 32.4 Å². The highest BCUT2D eigenvalue weighted by atomic mass is 32.2. The van der Waals surface area contributed by atoms with Crippen LogP contribution in [-0.2, 0) is 14.8 Å². The van der Waals surface area contributed by atoms with Gasteiger partial charge in [0.25, 0.3) is 5.91 Å². The monoisotopic (exact) mass is 382 g/mol. The Kier molecular flexibility index (Phi) is 7.61. The standard InChI is InChI=1S/C19H30N2O4S/c1-16(2)15-20(13-14-25-3)19(22)17-9-5-6-10-18(17)26(23,24)21-11-7-4-8-12-21/h5-6,9-10,16H,4,7-8,11-15H2,1-3H3. The number of hydrogen-bond acceptors (Lipinski definition) is 4. The minimum Gasteiger partial charge on any atom is -0.383 e. The molecule has 1 aliphatic heterocycles. The molecule has 1 heterocycles. The molecule has 1 saturated heterocycles. The number of rotatable bonds is 8. The van der Waals surface area contributed by atoms with Crippen molar-refractivity contribution in [3.63, 3.8) is 0 Å². The average molecular weight is 383 g/mol. The molecule has 146 valence electrons. The Bertz CT molecular complexity index is 697. The molecule has 1 aromatic rings. The number of ether oxygens (including phenoxy) is 1. The summed E-state index contributed by atoms with van der Waals surface area (Å²) in [6.45, 7) is 6.51. The molecule has 1 fully saturated rings. The Balaban J connectivity index is 2.35. The zero-order valence-electron chi connectivity index (χ0n) is 16.0. The first kappa shape index (κ1) is 20.9. The molecule has 0 bridgehead atoms. The van der Waals surface area contributed by atoms with Crippen molar-refractivity contribution in [2.75, 3.05) is 39.9 Å². The van der Waals surface area contributed by atoms with Crippen LogP contribution in [0.2, 0.25) is 0 Å². The van der Waals surface area contributed by atoms with Crippen molar-refractivity contribution in [2.24, 2.45) is 5.92 Å². The lowest BCUT2D eigenvalue weighted by molar-refractivity contribution is 0.0668. The quantitative estimate of drug-likeness (QED) is 0.693. The number of hydrogen-bond donors (Lipinski definition) is 0. The molecule has 6 nitrogen and oxygen atoms in total. The van der Waals surface area contributed by atoms with E-state index in [1.165, 1.54) is 4.31 Å². The second-order valence-corrected chi connectivity index (χ2v) is 9.01. The largest absolute Gasteiger partial charge is 0.383 e. The van der Waals surface area contributed by atoms with E-state index in [9.17, 15) is 13.2 Å². The SMILES string of the molecule is COCCN(CC(C)C)C(=O)c1ccccc1S(=O)(=O)N1CCCCC1. The maximum absolute atomic E-state index is 13.1. The zero-order valence-corrected chi connectivity index (χ0v) is 16.8. The molecule has 1 aromatic carbocycles. The van der Waals surface area contributed by atoms with Gasteiger partial charge in [-0.3, -0.25) is 4.79 Å². The van der Waals surface area contributed by atoms with Crippen LogP contribution in [-0.4, -0.2) is 63.4 Å². The first-order valence-corrected chi connectivity index (χ1v) is 10.7. The van der Waals surface area contributed by atoms with Gasteiger partial charge in [-0.15, -0.1) is 0 Å². The number of benzene rings is 1. The van der Waals surface area contributed by atoms with Crippen LogP contribution in [0.15, 0.2) is 29.2 Å². The zero-order chi connectivity index (χ0) is 19.2. The fourth-order valence-corrected chi connectivity index (χ4v) is 4.90. The topological polar surface area (TPSA) is 66.9 Å². The summed E-state index contributed by atoms with van der Waals surface area (Å²) < 4.78 is 32.8. The van der Waals surface area contributed by atoms with Crippen LogP contribution in [0.1, 0.15) is 43.5 Å². The van der Waals surface area contributed by atoms with E-state index < -0.39 is 10.0 Å². The third-order valence-corrected chi connectivity index (χ3v) is 6.45. The summed E-state index contributed by atoms with van der Waals surface area (Å²) in [5.41, 5.74) is 0.245. The predicted octanol–water partition coefficient (Wildman–Crippen LogP) is 2.61. The van der Waals surface area contributed by atoms with E-state index in [1.54, 1.807) is 36.3 Å². The van der Waals surface area contributed by atoms with Gasteiger partial charge in [0, 0.05) is 33.3 Å².